The fraction of sp³-hybridized carbons (Fsp3) is 0.462. The first-order valence-electron chi connectivity index (χ1n) is 5.93. The van der Waals surface area contributed by atoms with Crippen LogP contribution >= 0.6 is 23.2 Å². The normalized spacial score (nSPS) is 18.2. The smallest absolute Gasteiger partial charge is 0.251 e. The zero-order valence-corrected chi connectivity index (χ0v) is 11.7. The van der Waals surface area contributed by atoms with Crippen molar-refractivity contribution in [2.45, 2.75) is 25.3 Å². The minimum atomic E-state index is -0.341. The molecule has 3 nitrogen and oxygen atoms in total. The molecule has 1 aliphatic rings. The molecule has 0 bridgehead atoms. The van der Waals surface area contributed by atoms with Gasteiger partial charge in [0.1, 0.15) is 0 Å². The Morgan fingerprint density at radius 3 is 2.39 bits per heavy atom. The number of nitrogens with one attached hydrogen (secondary N) is 1. The average molecular weight is 287 g/mol. The summed E-state index contributed by atoms with van der Waals surface area (Å²) in [6, 6.07) is 4.81. The number of carbonyl (C=O) groups is 1. The second-order valence-electron chi connectivity index (χ2n) is 5.01. The Morgan fingerprint density at radius 1 is 1.39 bits per heavy atom. The van der Waals surface area contributed by atoms with Crippen LogP contribution in [0.25, 0.3) is 0 Å². The third-order valence-electron chi connectivity index (χ3n) is 3.43. The number of hydrogen-bond donors (Lipinski definition) is 2. The van der Waals surface area contributed by atoms with Crippen molar-refractivity contribution in [2.75, 3.05) is 6.54 Å². The summed E-state index contributed by atoms with van der Waals surface area (Å²) in [5.74, 6) is 0.292. The van der Waals surface area contributed by atoms with Crippen LogP contribution in [0, 0.1) is 5.92 Å². The van der Waals surface area contributed by atoms with Crippen LogP contribution in [0.2, 0.25) is 10.0 Å². The molecule has 0 aromatic heterocycles. The van der Waals surface area contributed by atoms with Crippen molar-refractivity contribution in [3.05, 3.63) is 33.8 Å². The van der Waals surface area contributed by atoms with Crippen LogP contribution in [0.5, 0.6) is 0 Å². The first-order valence-corrected chi connectivity index (χ1v) is 6.69. The van der Waals surface area contributed by atoms with E-state index in [2.05, 4.69) is 5.32 Å². The van der Waals surface area contributed by atoms with Crippen molar-refractivity contribution in [1.29, 1.82) is 0 Å². The summed E-state index contributed by atoms with van der Waals surface area (Å²) in [7, 11) is 0. The fourth-order valence-electron chi connectivity index (χ4n) is 2.06. The highest BCUT2D eigenvalue weighted by atomic mass is 35.5. The molecule has 1 unspecified atom stereocenters. The number of carbonyl (C=O) groups excluding carboxylic acids is 1. The van der Waals surface area contributed by atoms with E-state index in [9.17, 15) is 4.79 Å². The molecule has 0 saturated heterocycles. The highest BCUT2D eigenvalue weighted by Crippen LogP contribution is 2.39. The van der Waals surface area contributed by atoms with Gasteiger partial charge in [0.25, 0.3) is 5.91 Å². The molecular weight excluding hydrogens is 271 g/mol. The molecule has 1 saturated carbocycles. The Bertz CT molecular complexity index is 454. The molecule has 18 heavy (non-hydrogen) atoms. The molecule has 3 N–H and O–H groups in total. The Morgan fingerprint density at radius 2 is 1.94 bits per heavy atom. The maximum absolute atomic E-state index is 12.2. The number of hydrogen-bond acceptors (Lipinski definition) is 2. The molecule has 1 amide bonds. The minimum absolute atomic E-state index is 0.181. The van der Waals surface area contributed by atoms with Crippen molar-refractivity contribution in [1.82, 2.24) is 5.32 Å². The zero-order valence-electron chi connectivity index (χ0n) is 10.2. The number of nitrogens with two attached hydrogens (primary N) is 1. The van der Waals surface area contributed by atoms with Crippen molar-refractivity contribution in [3.63, 3.8) is 0 Å². The number of halogens is 2. The molecule has 1 aromatic carbocycles. The van der Waals surface area contributed by atoms with Gasteiger partial charge in [0, 0.05) is 22.2 Å². The molecule has 0 aliphatic heterocycles. The summed E-state index contributed by atoms with van der Waals surface area (Å²) in [5.41, 5.74) is 5.89. The predicted octanol–water partition coefficient (Wildman–Crippen LogP) is 2.85. The SMILES string of the molecule is CC(CN)(NC(=O)c1cc(Cl)cc(Cl)c1)C1CC1. The van der Waals surface area contributed by atoms with Crippen LogP contribution < -0.4 is 11.1 Å². The predicted molar refractivity (Wildman–Crippen MR) is 74.1 cm³/mol. The molecule has 5 heteroatoms. The summed E-state index contributed by atoms with van der Waals surface area (Å²) in [4.78, 5) is 12.2. The maximum Gasteiger partial charge on any atom is 0.251 e. The van der Waals surface area contributed by atoms with Gasteiger partial charge < -0.3 is 11.1 Å². The topological polar surface area (TPSA) is 55.1 Å². The highest BCUT2D eigenvalue weighted by Gasteiger charge is 2.41. The van der Waals surface area contributed by atoms with Gasteiger partial charge in [0.05, 0.1) is 5.54 Å². The molecule has 0 heterocycles. The molecule has 98 valence electrons. The monoisotopic (exact) mass is 286 g/mol. The quantitative estimate of drug-likeness (QED) is 0.894. The summed E-state index contributed by atoms with van der Waals surface area (Å²) in [5, 5.41) is 3.90. The van der Waals surface area contributed by atoms with E-state index in [0.29, 0.717) is 28.1 Å². The van der Waals surface area contributed by atoms with Crippen LogP contribution in [0.15, 0.2) is 18.2 Å². The van der Waals surface area contributed by atoms with E-state index in [1.807, 2.05) is 6.92 Å². The van der Waals surface area contributed by atoms with Gasteiger partial charge in [-0.1, -0.05) is 23.2 Å². The Balaban J connectivity index is 2.16. The van der Waals surface area contributed by atoms with E-state index in [-0.39, 0.29) is 11.4 Å². The van der Waals surface area contributed by atoms with Crippen molar-refractivity contribution in [2.24, 2.45) is 11.7 Å². The van der Waals surface area contributed by atoms with Gasteiger partial charge in [-0.15, -0.1) is 0 Å². The van der Waals surface area contributed by atoms with E-state index in [1.54, 1.807) is 18.2 Å². The molecule has 1 aliphatic carbocycles. The number of rotatable bonds is 4. The van der Waals surface area contributed by atoms with E-state index < -0.39 is 0 Å². The van der Waals surface area contributed by atoms with Gasteiger partial charge in [0.15, 0.2) is 0 Å². The van der Waals surface area contributed by atoms with Crippen molar-refractivity contribution in [3.8, 4) is 0 Å². The molecule has 2 rings (SSSR count). The zero-order chi connectivity index (χ0) is 13.3. The summed E-state index contributed by atoms with van der Waals surface area (Å²) < 4.78 is 0. The molecule has 1 fully saturated rings. The van der Waals surface area contributed by atoms with E-state index in [4.69, 9.17) is 28.9 Å². The van der Waals surface area contributed by atoms with Crippen LogP contribution in [0.4, 0.5) is 0 Å². The molecule has 1 aromatic rings. The maximum atomic E-state index is 12.2. The molecule has 0 spiro atoms. The lowest BCUT2D eigenvalue weighted by atomic mass is 9.95. The summed E-state index contributed by atoms with van der Waals surface area (Å²) >= 11 is 11.8. The number of benzene rings is 1. The lowest BCUT2D eigenvalue weighted by Gasteiger charge is -2.29. The molecular formula is C13H16Cl2N2O. The lowest BCUT2D eigenvalue weighted by molar-refractivity contribution is 0.0898. The lowest BCUT2D eigenvalue weighted by Crippen LogP contribution is -2.53. The Hall–Kier alpha value is -0.770. The summed E-state index contributed by atoms with van der Waals surface area (Å²) in [6.45, 7) is 2.41. The van der Waals surface area contributed by atoms with E-state index in [1.165, 1.54) is 0 Å². The van der Waals surface area contributed by atoms with Gasteiger partial charge in [0.2, 0.25) is 0 Å². The Kier molecular flexibility index (Phi) is 3.85. The van der Waals surface area contributed by atoms with Crippen molar-refractivity contribution < 1.29 is 4.79 Å². The van der Waals surface area contributed by atoms with Gasteiger partial charge in [-0.25, -0.2) is 0 Å². The highest BCUT2D eigenvalue weighted by molar-refractivity contribution is 6.35. The second-order valence-corrected chi connectivity index (χ2v) is 5.88. The van der Waals surface area contributed by atoms with Gasteiger partial charge >= 0.3 is 0 Å². The third kappa shape index (κ3) is 2.97. The minimum Gasteiger partial charge on any atom is -0.345 e. The second kappa shape index (κ2) is 5.08. The van der Waals surface area contributed by atoms with Gasteiger partial charge in [-0.2, -0.15) is 0 Å². The van der Waals surface area contributed by atoms with Gasteiger partial charge in [-0.05, 0) is 43.9 Å². The van der Waals surface area contributed by atoms with Crippen LogP contribution in [0.3, 0.4) is 0 Å². The molecule has 1 atom stereocenters. The Labute approximate surface area is 117 Å². The van der Waals surface area contributed by atoms with Crippen molar-refractivity contribution >= 4 is 29.1 Å². The first kappa shape index (κ1) is 13.7. The van der Waals surface area contributed by atoms with E-state index >= 15 is 0 Å². The van der Waals surface area contributed by atoms with Crippen LogP contribution in [0.1, 0.15) is 30.1 Å². The van der Waals surface area contributed by atoms with E-state index in [0.717, 1.165) is 12.8 Å². The van der Waals surface area contributed by atoms with Crippen LogP contribution in [-0.2, 0) is 0 Å². The summed E-state index contributed by atoms with van der Waals surface area (Å²) in [6.07, 6.45) is 2.23. The fourth-order valence-corrected chi connectivity index (χ4v) is 2.58. The van der Waals surface area contributed by atoms with Gasteiger partial charge in [-0.3, -0.25) is 4.79 Å². The van der Waals surface area contributed by atoms with Crippen LogP contribution in [-0.4, -0.2) is 18.0 Å². The standard InChI is InChI=1S/C13H16Cl2N2O/c1-13(7-16,9-2-3-9)17-12(18)8-4-10(14)6-11(15)5-8/h4-6,9H,2-3,7,16H2,1H3,(H,17,18). The average Bonchev–Trinajstić information content (AvgIpc) is 3.11. The largest absolute Gasteiger partial charge is 0.345 e. The third-order valence-corrected chi connectivity index (χ3v) is 3.86. The number of amides is 1. The first-order chi connectivity index (χ1) is 8.44. The molecule has 0 radical (unpaired) electrons.